The Morgan fingerprint density at radius 1 is 1.23 bits per heavy atom. The number of esters is 1. The topological polar surface area (TPSA) is 94.4 Å². The molecule has 0 amide bonds. The second-order valence-electron chi connectivity index (χ2n) is 5.37. The molecule has 0 saturated carbocycles. The Bertz CT molecular complexity index is 990. The number of benzene rings is 2. The van der Waals surface area contributed by atoms with Crippen molar-refractivity contribution in [1.82, 2.24) is 4.98 Å². The minimum absolute atomic E-state index is 0.00207. The lowest BCUT2D eigenvalue weighted by atomic mass is 10.1. The van der Waals surface area contributed by atoms with Crippen LogP contribution < -0.4 is 5.32 Å². The van der Waals surface area contributed by atoms with Crippen LogP contribution in [0.1, 0.15) is 17.3 Å². The van der Waals surface area contributed by atoms with Gasteiger partial charge in [0.2, 0.25) is 0 Å². The highest BCUT2D eigenvalue weighted by molar-refractivity contribution is 6.30. The highest BCUT2D eigenvalue weighted by Gasteiger charge is 2.12. The van der Waals surface area contributed by atoms with E-state index in [9.17, 15) is 14.9 Å². The molecular formula is C18H14ClN3O4. The van der Waals surface area contributed by atoms with Crippen molar-refractivity contribution in [2.45, 2.75) is 6.92 Å². The maximum Gasteiger partial charge on any atom is 0.338 e. The van der Waals surface area contributed by atoms with Crippen LogP contribution in [0.4, 0.5) is 17.1 Å². The number of nitro groups is 1. The van der Waals surface area contributed by atoms with Crippen molar-refractivity contribution in [3.63, 3.8) is 0 Å². The van der Waals surface area contributed by atoms with Gasteiger partial charge in [0.15, 0.2) is 0 Å². The van der Waals surface area contributed by atoms with Crippen LogP contribution in [-0.4, -0.2) is 22.5 Å². The molecule has 0 atom stereocenters. The van der Waals surface area contributed by atoms with Gasteiger partial charge in [-0.3, -0.25) is 10.1 Å². The third-order valence-corrected chi connectivity index (χ3v) is 3.84. The number of pyridine rings is 1. The first-order valence-electron chi connectivity index (χ1n) is 7.77. The van der Waals surface area contributed by atoms with Crippen LogP contribution >= 0.6 is 11.6 Å². The van der Waals surface area contributed by atoms with Crippen molar-refractivity contribution >= 4 is 45.5 Å². The molecule has 3 rings (SSSR count). The molecule has 0 aliphatic heterocycles. The molecule has 0 spiro atoms. The summed E-state index contributed by atoms with van der Waals surface area (Å²) in [7, 11) is 0. The molecule has 3 aromatic rings. The highest BCUT2D eigenvalue weighted by Crippen LogP contribution is 2.30. The number of aromatic nitrogens is 1. The number of carbonyl (C=O) groups is 1. The van der Waals surface area contributed by atoms with Gasteiger partial charge in [0.05, 0.1) is 28.3 Å². The van der Waals surface area contributed by atoms with Crippen molar-refractivity contribution in [1.29, 1.82) is 0 Å². The molecule has 0 bridgehead atoms. The van der Waals surface area contributed by atoms with Crippen molar-refractivity contribution in [3.8, 4) is 0 Å². The van der Waals surface area contributed by atoms with Gasteiger partial charge in [-0.25, -0.2) is 9.78 Å². The van der Waals surface area contributed by atoms with Crippen LogP contribution in [0.3, 0.4) is 0 Å². The van der Waals surface area contributed by atoms with Crippen LogP contribution in [0.5, 0.6) is 0 Å². The summed E-state index contributed by atoms with van der Waals surface area (Å²) in [5.41, 5.74) is 2.27. The van der Waals surface area contributed by atoms with E-state index in [0.29, 0.717) is 27.8 Å². The van der Waals surface area contributed by atoms with Crippen molar-refractivity contribution in [2.75, 3.05) is 11.9 Å². The molecule has 1 aromatic heterocycles. The Kier molecular flexibility index (Phi) is 4.99. The smallest absolute Gasteiger partial charge is 0.338 e. The predicted molar refractivity (Wildman–Crippen MR) is 99.1 cm³/mol. The standard InChI is InChI=1S/C18H14ClN3O4/c1-2-26-18(23)11-3-8-15-14(9-11)16(10-17(19)21-15)20-12-4-6-13(7-5-12)22(24)25/h3-10H,2H2,1H3,(H,20,21). The molecule has 0 unspecified atom stereocenters. The molecule has 2 aromatic carbocycles. The zero-order valence-electron chi connectivity index (χ0n) is 13.7. The van der Waals surface area contributed by atoms with E-state index in [2.05, 4.69) is 10.3 Å². The first-order chi connectivity index (χ1) is 12.5. The molecule has 1 heterocycles. The van der Waals surface area contributed by atoms with E-state index >= 15 is 0 Å². The Morgan fingerprint density at radius 2 is 1.96 bits per heavy atom. The Balaban J connectivity index is 2.01. The number of nitrogens with zero attached hydrogens (tertiary/aromatic N) is 2. The van der Waals surface area contributed by atoms with Gasteiger partial charge in [0.1, 0.15) is 5.15 Å². The van der Waals surface area contributed by atoms with E-state index in [1.54, 1.807) is 43.3 Å². The molecule has 132 valence electrons. The first kappa shape index (κ1) is 17.6. The number of fused-ring (bicyclic) bond motifs is 1. The van der Waals surface area contributed by atoms with Crippen molar-refractivity contribution in [2.24, 2.45) is 0 Å². The molecule has 7 nitrogen and oxygen atoms in total. The summed E-state index contributed by atoms with van der Waals surface area (Å²) in [6, 6.07) is 12.6. The SMILES string of the molecule is CCOC(=O)c1ccc2nc(Cl)cc(Nc3ccc([N+](=O)[O-])cc3)c2c1. The number of nitro benzene ring substituents is 1. The predicted octanol–water partition coefficient (Wildman–Crippen LogP) is 4.72. The number of ether oxygens (including phenoxy) is 1. The molecule has 0 fully saturated rings. The molecule has 0 saturated heterocycles. The molecule has 0 aliphatic rings. The number of hydrogen-bond donors (Lipinski definition) is 1. The third-order valence-electron chi connectivity index (χ3n) is 3.65. The normalized spacial score (nSPS) is 10.5. The van der Waals surface area contributed by atoms with Gasteiger partial charge in [-0.1, -0.05) is 11.6 Å². The molecule has 1 N–H and O–H groups in total. The maximum absolute atomic E-state index is 12.0. The third kappa shape index (κ3) is 3.73. The second kappa shape index (κ2) is 7.37. The summed E-state index contributed by atoms with van der Waals surface area (Å²) in [6.45, 7) is 2.02. The molecule has 0 radical (unpaired) electrons. The first-order valence-corrected chi connectivity index (χ1v) is 8.14. The van der Waals surface area contributed by atoms with Gasteiger partial charge in [-0.15, -0.1) is 0 Å². The van der Waals surface area contributed by atoms with Gasteiger partial charge in [-0.05, 0) is 43.3 Å². The van der Waals surface area contributed by atoms with Gasteiger partial charge in [0.25, 0.3) is 5.69 Å². The lowest BCUT2D eigenvalue weighted by Crippen LogP contribution is -2.04. The largest absolute Gasteiger partial charge is 0.462 e. The fourth-order valence-corrected chi connectivity index (χ4v) is 2.66. The van der Waals surface area contributed by atoms with Crippen LogP contribution in [0.2, 0.25) is 5.15 Å². The molecular weight excluding hydrogens is 358 g/mol. The van der Waals surface area contributed by atoms with Crippen LogP contribution in [0, 0.1) is 10.1 Å². The van der Waals surface area contributed by atoms with E-state index in [0.717, 1.165) is 0 Å². The maximum atomic E-state index is 12.0. The fourth-order valence-electron chi connectivity index (χ4n) is 2.46. The summed E-state index contributed by atoms with van der Waals surface area (Å²) in [6.07, 6.45) is 0. The summed E-state index contributed by atoms with van der Waals surface area (Å²) in [5.74, 6) is -0.425. The number of anilines is 2. The zero-order valence-corrected chi connectivity index (χ0v) is 14.5. The number of hydrogen-bond acceptors (Lipinski definition) is 6. The van der Waals surface area contributed by atoms with Crippen LogP contribution in [-0.2, 0) is 4.74 Å². The van der Waals surface area contributed by atoms with E-state index in [1.165, 1.54) is 12.1 Å². The molecule has 26 heavy (non-hydrogen) atoms. The van der Waals surface area contributed by atoms with Crippen molar-refractivity contribution < 1.29 is 14.5 Å². The Labute approximate surface area is 153 Å². The average molecular weight is 372 g/mol. The molecule has 0 aliphatic carbocycles. The zero-order chi connectivity index (χ0) is 18.7. The lowest BCUT2D eigenvalue weighted by molar-refractivity contribution is -0.384. The van der Waals surface area contributed by atoms with Gasteiger partial charge < -0.3 is 10.1 Å². The Hall–Kier alpha value is -3.19. The van der Waals surface area contributed by atoms with Gasteiger partial charge in [0, 0.05) is 23.2 Å². The summed E-state index contributed by atoms with van der Waals surface area (Å²) >= 11 is 6.08. The van der Waals surface area contributed by atoms with Gasteiger partial charge in [-0.2, -0.15) is 0 Å². The van der Waals surface area contributed by atoms with Crippen LogP contribution in [0.15, 0.2) is 48.5 Å². The van der Waals surface area contributed by atoms with E-state index in [1.807, 2.05) is 0 Å². The van der Waals surface area contributed by atoms with Gasteiger partial charge >= 0.3 is 5.97 Å². The number of non-ortho nitro benzene ring substituents is 1. The van der Waals surface area contributed by atoms with E-state index in [4.69, 9.17) is 16.3 Å². The van der Waals surface area contributed by atoms with Crippen LogP contribution in [0.25, 0.3) is 10.9 Å². The quantitative estimate of drug-likeness (QED) is 0.302. The van der Waals surface area contributed by atoms with E-state index in [-0.39, 0.29) is 17.4 Å². The number of rotatable bonds is 5. The monoisotopic (exact) mass is 371 g/mol. The number of carbonyl (C=O) groups excluding carboxylic acids is 1. The summed E-state index contributed by atoms with van der Waals surface area (Å²) < 4.78 is 5.02. The fraction of sp³-hybridized carbons (Fsp3) is 0.111. The second-order valence-corrected chi connectivity index (χ2v) is 5.76. The summed E-state index contributed by atoms with van der Waals surface area (Å²) in [5, 5.41) is 14.9. The minimum atomic E-state index is -0.464. The van der Waals surface area contributed by atoms with Crippen molar-refractivity contribution in [3.05, 3.63) is 69.4 Å². The Morgan fingerprint density at radius 3 is 2.62 bits per heavy atom. The lowest BCUT2D eigenvalue weighted by Gasteiger charge is -2.11. The minimum Gasteiger partial charge on any atom is -0.462 e. The van der Waals surface area contributed by atoms with E-state index < -0.39 is 10.9 Å². The number of nitrogens with one attached hydrogen (secondary N) is 1. The highest BCUT2D eigenvalue weighted by atomic mass is 35.5. The number of halogens is 1. The molecule has 8 heteroatoms. The summed E-state index contributed by atoms with van der Waals surface area (Å²) in [4.78, 5) is 26.5. The average Bonchev–Trinajstić information content (AvgIpc) is 2.62.